The number of nitrogens with zero attached hydrogens (tertiary/aromatic N) is 2. The van der Waals surface area contributed by atoms with Gasteiger partial charge in [-0.25, -0.2) is 4.99 Å². The van der Waals surface area contributed by atoms with Crippen LogP contribution in [0.4, 0.5) is 0 Å². The van der Waals surface area contributed by atoms with Gasteiger partial charge in [0.2, 0.25) is 0 Å². The molecule has 0 saturated carbocycles. The van der Waals surface area contributed by atoms with Gasteiger partial charge >= 0.3 is 0 Å². The van der Waals surface area contributed by atoms with Crippen LogP contribution >= 0.6 is 22.6 Å². The summed E-state index contributed by atoms with van der Waals surface area (Å²) in [6.45, 7) is 5.39. The Bertz CT molecular complexity index is 701. The molecular weight excluding hydrogens is 355 g/mol. The second kappa shape index (κ2) is 6.36. The fourth-order valence-corrected chi connectivity index (χ4v) is 2.38. The minimum atomic E-state index is -0.0172. The van der Waals surface area contributed by atoms with E-state index in [-0.39, 0.29) is 5.56 Å². The van der Waals surface area contributed by atoms with Gasteiger partial charge in [-0.3, -0.25) is 9.36 Å². The number of hydrogen-bond donors (Lipinski definition) is 0. The summed E-state index contributed by atoms with van der Waals surface area (Å²) in [6, 6.07) is 5.62. The van der Waals surface area contributed by atoms with E-state index in [1.807, 2.05) is 25.1 Å². The van der Waals surface area contributed by atoms with Crippen LogP contribution in [0.1, 0.15) is 26.7 Å². The molecule has 0 atom stereocenters. The van der Waals surface area contributed by atoms with Crippen molar-refractivity contribution >= 4 is 33.6 Å². The van der Waals surface area contributed by atoms with Crippen molar-refractivity contribution in [3.63, 3.8) is 0 Å². The number of benzene rings is 1. The average Bonchev–Trinajstić information content (AvgIpc) is 2.41. The Balaban J connectivity index is 2.77. The third-order valence-electron chi connectivity index (χ3n) is 2.77. The standard InChI is InChI=1S/C14H17IN2O2/c1-3-7-16-14-17(8-4-2)13(18)11-9-10(15)5-6-12(11)19-14/h5-6,9H,3-4,7-8H2,1-2H3. The van der Waals surface area contributed by atoms with Crippen molar-refractivity contribution in [2.45, 2.75) is 33.2 Å². The second-order valence-electron chi connectivity index (χ2n) is 4.36. The predicted molar refractivity (Wildman–Crippen MR) is 84.2 cm³/mol. The molecule has 0 spiro atoms. The van der Waals surface area contributed by atoms with Gasteiger partial charge in [-0.2, -0.15) is 0 Å². The van der Waals surface area contributed by atoms with E-state index in [1.54, 1.807) is 4.57 Å². The van der Waals surface area contributed by atoms with Crippen molar-refractivity contribution in [1.29, 1.82) is 0 Å². The largest absolute Gasteiger partial charge is 0.425 e. The highest BCUT2D eigenvalue weighted by molar-refractivity contribution is 14.1. The zero-order chi connectivity index (χ0) is 13.8. The lowest BCUT2D eigenvalue weighted by atomic mass is 10.2. The molecule has 1 aromatic heterocycles. The van der Waals surface area contributed by atoms with Gasteiger partial charge in [-0.05, 0) is 53.6 Å². The highest BCUT2D eigenvalue weighted by Gasteiger charge is 2.08. The molecular formula is C14H17IN2O2. The van der Waals surface area contributed by atoms with E-state index in [4.69, 9.17) is 4.42 Å². The first kappa shape index (κ1) is 14.3. The molecule has 0 unspecified atom stereocenters. The lowest BCUT2D eigenvalue weighted by Gasteiger charge is -2.06. The van der Waals surface area contributed by atoms with Crippen molar-refractivity contribution in [3.8, 4) is 0 Å². The Hall–Kier alpha value is -1.11. The molecule has 0 fully saturated rings. The number of hydrogen-bond acceptors (Lipinski definition) is 3. The average molecular weight is 372 g/mol. The highest BCUT2D eigenvalue weighted by Crippen LogP contribution is 2.12. The normalized spacial score (nSPS) is 12.3. The molecule has 2 rings (SSSR count). The summed E-state index contributed by atoms with van der Waals surface area (Å²) in [7, 11) is 0. The topological polar surface area (TPSA) is 47.5 Å². The summed E-state index contributed by atoms with van der Waals surface area (Å²) in [5, 5.41) is 0.621. The fourth-order valence-electron chi connectivity index (χ4n) is 1.89. The molecule has 0 aliphatic rings. The molecule has 19 heavy (non-hydrogen) atoms. The van der Waals surface area contributed by atoms with Crippen LogP contribution in [0, 0.1) is 3.57 Å². The van der Waals surface area contributed by atoms with E-state index in [0.29, 0.717) is 29.7 Å². The molecule has 4 nitrogen and oxygen atoms in total. The number of halogens is 1. The Labute approximate surface area is 125 Å². The third-order valence-corrected chi connectivity index (χ3v) is 3.44. The molecule has 1 heterocycles. The van der Waals surface area contributed by atoms with Gasteiger partial charge in [-0.15, -0.1) is 0 Å². The molecule has 0 aliphatic carbocycles. The van der Waals surface area contributed by atoms with Crippen molar-refractivity contribution in [2.24, 2.45) is 4.99 Å². The number of aromatic nitrogens is 1. The van der Waals surface area contributed by atoms with E-state index < -0.39 is 0 Å². The molecule has 0 aliphatic heterocycles. The minimum absolute atomic E-state index is 0.0172. The van der Waals surface area contributed by atoms with E-state index >= 15 is 0 Å². The SMILES string of the molecule is CCCN=c1oc2ccc(I)cc2c(=O)n1CCC. The summed E-state index contributed by atoms with van der Waals surface area (Å²) in [4.78, 5) is 16.9. The van der Waals surface area contributed by atoms with Gasteiger partial charge in [0.1, 0.15) is 5.58 Å². The molecule has 5 heteroatoms. The first-order valence-corrected chi connectivity index (χ1v) is 7.59. The smallest absolute Gasteiger partial charge is 0.300 e. The van der Waals surface area contributed by atoms with Crippen LogP contribution in [0.3, 0.4) is 0 Å². The molecule has 0 saturated heterocycles. The van der Waals surface area contributed by atoms with Gasteiger partial charge < -0.3 is 4.42 Å². The van der Waals surface area contributed by atoms with E-state index in [0.717, 1.165) is 16.4 Å². The van der Waals surface area contributed by atoms with Crippen LogP contribution in [-0.4, -0.2) is 11.1 Å². The summed E-state index contributed by atoms with van der Waals surface area (Å²) in [5.74, 6) is 0. The molecule has 102 valence electrons. The number of fused-ring (bicyclic) bond motifs is 1. The second-order valence-corrected chi connectivity index (χ2v) is 5.61. The maximum absolute atomic E-state index is 12.5. The molecule has 0 bridgehead atoms. The molecule has 0 amide bonds. The zero-order valence-electron chi connectivity index (χ0n) is 11.1. The molecule has 0 radical (unpaired) electrons. The first-order chi connectivity index (χ1) is 9.17. The van der Waals surface area contributed by atoms with Crippen molar-refractivity contribution < 1.29 is 4.42 Å². The van der Waals surface area contributed by atoms with Gasteiger partial charge in [0.05, 0.1) is 5.39 Å². The van der Waals surface area contributed by atoms with Crippen molar-refractivity contribution in [2.75, 3.05) is 6.54 Å². The van der Waals surface area contributed by atoms with Gasteiger partial charge in [0, 0.05) is 16.7 Å². The Kier molecular flexibility index (Phi) is 4.79. The third kappa shape index (κ3) is 3.08. The molecule has 0 N–H and O–H groups in total. The van der Waals surface area contributed by atoms with E-state index in [9.17, 15) is 4.79 Å². The lowest BCUT2D eigenvalue weighted by Crippen LogP contribution is -2.33. The van der Waals surface area contributed by atoms with Crippen LogP contribution in [0.25, 0.3) is 11.0 Å². The van der Waals surface area contributed by atoms with E-state index in [2.05, 4.69) is 34.5 Å². The van der Waals surface area contributed by atoms with Crippen LogP contribution in [0.5, 0.6) is 0 Å². The summed E-state index contributed by atoms with van der Waals surface area (Å²) < 4.78 is 8.44. The minimum Gasteiger partial charge on any atom is -0.425 e. The van der Waals surface area contributed by atoms with Gasteiger partial charge in [-0.1, -0.05) is 13.8 Å². The highest BCUT2D eigenvalue weighted by atomic mass is 127. The lowest BCUT2D eigenvalue weighted by molar-refractivity contribution is 0.429. The van der Waals surface area contributed by atoms with Crippen LogP contribution in [0.2, 0.25) is 0 Å². The number of rotatable bonds is 4. The maximum Gasteiger partial charge on any atom is 0.300 e. The summed E-state index contributed by atoms with van der Waals surface area (Å²) >= 11 is 2.20. The predicted octanol–water partition coefficient (Wildman–Crippen LogP) is 2.92. The van der Waals surface area contributed by atoms with Crippen molar-refractivity contribution in [1.82, 2.24) is 4.57 Å². The van der Waals surface area contributed by atoms with Gasteiger partial charge in [0.25, 0.3) is 11.2 Å². The Morgan fingerprint density at radius 1 is 1.32 bits per heavy atom. The van der Waals surface area contributed by atoms with Crippen LogP contribution < -0.4 is 11.2 Å². The van der Waals surface area contributed by atoms with Crippen LogP contribution in [-0.2, 0) is 6.54 Å². The van der Waals surface area contributed by atoms with E-state index in [1.165, 1.54) is 0 Å². The Morgan fingerprint density at radius 3 is 2.79 bits per heavy atom. The maximum atomic E-state index is 12.5. The molecule has 2 aromatic rings. The summed E-state index contributed by atoms with van der Waals surface area (Å²) in [5.41, 5.74) is 1.02. The zero-order valence-corrected chi connectivity index (χ0v) is 13.3. The fraction of sp³-hybridized carbons (Fsp3) is 0.429. The Morgan fingerprint density at radius 2 is 2.11 bits per heavy atom. The van der Waals surface area contributed by atoms with Crippen LogP contribution in [0.15, 0.2) is 32.4 Å². The monoisotopic (exact) mass is 372 g/mol. The quantitative estimate of drug-likeness (QED) is 0.775. The summed E-state index contributed by atoms with van der Waals surface area (Å²) in [6.07, 6.45) is 1.81. The van der Waals surface area contributed by atoms with Crippen molar-refractivity contribution in [3.05, 3.63) is 37.8 Å². The molecule has 1 aromatic carbocycles. The first-order valence-electron chi connectivity index (χ1n) is 6.51. The van der Waals surface area contributed by atoms with Gasteiger partial charge in [0.15, 0.2) is 0 Å².